The van der Waals surface area contributed by atoms with Gasteiger partial charge < -0.3 is 10.4 Å². The van der Waals surface area contributed by atoms with Crippen molar-refractivity contribution in [1.29, 1.82) is 0 Å². The van der Waals surface area contributed by atoms with Crippen LogP contribution in [0.1, 0.15) is 16.3 Å². The predicted molar refractivity (Wildman–Crippen MR) is 80.4 cm³/mol. The topological polar surface area (TPSA) is 79.3 Å². The van der Waals surface area contributed by atoms with Crippen molar-refractivity contribution < 1.29 is 19.1 Å². The molecule has 1 aromatic heterocycles. The maximum Gasteiger partial charge on any atom is 0.309 e. The van der Waals surface area contributed by atoms with Crippen molar-refractivity contribution in [2.24, 2.45) is 0 Å². The number of hydrogen-bond acceptors (Lipinski definition) is 4. The van der Waals surface area contributed by atoms with Crippen LogP contribution < -0.4 is 5.32 Å². The summed E-state index contributed by atoms with van der Waals surface area (Å²) in [6, 6.07) is 4.31. The molecule has 8 heteroatoms. The average Bonchev–Trinajstić information content (AvgIpc) is 2.84. The number of aromatic nitrogens is 1. The zero-order valence-electron chi connectivity index (χ0n) is 11.3. The van der Waals surface area contributed by atoms with E-state index in [1.54, 1.807) is 11.4 Å². The van der Waals surface area contributed by atoms with E-state index in [-0.39, 0.29) is 35.9 Å². The number of amides is 1. The molecule has 5 nitrogen and oxygen atoms in total. The Bertz CT molecular complexity index is 685. The first kappa shape index (κ1) is 16.4. The maximum absolute atomic E-state index is 13.6. The number of nitrogens with zero attached hydrogens (tertiary/aromatic N) is 1. The Balaban J connectivity index is 1.90. The third-order valence-corrected chi connectivity index (χ3v) is 4.02. The molecule has 1 aromatic carbocycles. The number of benzene rings is 1. The smallest absolute Gasteiger partial charge is 0.309 e. The van der Waals surface area contributed by atoms with Gasteiger partial charge in [0.2, 0.25) is 5.91 Å². The molecule has 116 valence electrons. The van der Waals surface area contributed by atoms with E-state index in [9.17, 15) is 14.0 Å². The Morgan fingerprint density at radius 3 is 2.82 bits per heavy atom. The van der Waals surface area contributed by atoms with Crippen molar-refractivity contribution in [1.82, 2.24) is 10.3 Å². The number of thiazole rings is 1. The molecule has 1 amide bonds. The minimum Gasteiger partial charge on any atom is -0.481 e. The van der Waals surface area contributed by atoms with Crippen LogP contribution in [0.25, 0.3) is 0 Å². The fraction of sp³-hybridized carbons (Fsp3) is 0.214. The fourth-order valence-corrected chi connectivity index (χ4v) is 2.78. The van der Waals surface area contributed by atoms with Crippen LogP contribution in [0.5, 0.6) is 0 Å². The van der Waals surface area contributed by atoms with Crippen molar-refractivity contribution in [3.8, 4) is 0 Å². The predicted octanol–water partition coefficient (Wildman–Crippen LogP) is 2.42. The number of nitrogens with one attached hydrogen (secondary N) is 1. The highest BCUT2D eigenvalue weighted by atomic mass is 35.5. The van der Waals surface area contributed by atoms with Crippen molar-refractivity contribution in [2.45, 2.75) is 19.4 Å². The summed E-state index contributed by atoms with van der Waals surface area (Å²) >= 11 is 7.08. The first-order chi connectivity index (χ1) is 10.5. The molecule has 2 rings (SSSR count). The average molecular weight is 343 g/mol. The molecule has 0 aliphatic rings. The first-order valence-electron chi connectivity index (χ1n) is 6.30. The second-order valence-corrected chi connectivity index (χ2v) is 5.81. The molecule has 0 spiro atoms. The normalized spacial score (nSPS) is 10.5. The van der Waals surface area contributed by atoms with Gasteiger partial charge in [0.1, 0.15) is 10.8 Å². The summed E-state index contributed by atoms with van der Waals surface area (Å²) in [6.07, 6.45) is -0.167. The van der Waals surface area contributed by atoms with E-state index >= 15 is 0 Å². The Morgan fingerprint density at radius 2 is 2.14 bits per heavy atom. The van der Waals surface area contributed by atoms with Crippen LogP contribution in [0, 0.1) is 5.82 Å². The Kier molecular flexibility index (Phi) is 5.46. The SMILES string of the molecule is O=C(O)Cc1csc(CC(=O)NCc2c(F)cccc2Cl)n1. The van der Waals surface area contributed by atoms with E-state index in [0.29, 0.717) is 10.7 Å². The first-order valence-corrected chi connectivity index (χ1v) is 7.56. The summed E-state index contributed by atoms with van der Waals surface area (Å²) in [5.74, 6) is -1.79. The van der Waals surface area contributed by atoms with Crippen molar-refractivity contribution in [2.75, 3.05) is 0 Å². The quantitative estimate of drug-likeness (QED) is 0.845. The molecule has 22 heavy (non-hydrogen) atoms. The van der Waals surface area contributed by atoms with Crippen LogP contribution in [0.2, 0.25) is 5.02 Å². The lowest BCUT2D eigenvalue weighted by molar-refractivity contribution is -0.136. The van der Waals surface area contributed by atoms with Gasteiger partial charge in [-0.1, -0.05) is 17.7 Å². The van der Waals surface area contributed by atoms with Crippen LogP contribution in [0.15, 0.2) is 23.6 Å². The minimum absolute atomic E-state index is 0.0103. The van der Waals surface area contributed by atoms with E-state index in [0.717, 1.165) is 0 Å². The maximum atomic E-state index is 13.6. The molecular weight excluding hydrogens is 331 g/mol. The van der Waals surface area contributed by atoms with Gasteiger partial charge in [0.15, 0.2) is 0 Å². The molecule has 0 fully saturated rings. The van der Waals surface area contributed by atoms with Crippen molar-refractivity contribution in [3.63, 3.8) is 0 Å². The highest BCUT2D eigenvalue weighted by Gasteiger charge is 2.12. The Labute approximate surface area is 134 Å². The van der Waals surface area contributed by atoms with Crippen LogP contribution in [-0.4, -0.2) is 22.0 Å². The van der Waals surface area contributed by atoms with Gasteiger partial charge in [-0.05, 0) is 12.1 Å². The molecule has 1 heterocycles. The van der Waals surface area contributed by atoms with Gasteiger partial charge in [-0.2, -0.15) is 0 Å². The van der Waals surface area contributed by atoms with E-state index < -0.39 is 11.8 Å². The lowest BCUT2D eigenvalue weighted by Gasteiger charge is -2.07. The second-order valence-electron chi connectivity index (χ2n) is 4.46. The van der Waals surface area contributed by atoms with Crippen LogP contribution >= 0.6 is 22.9 Å². The molecular formula is C14H12ClFN2O3S. The lowest BCUT2D eigenvalue weighted by Crippen LogP contribution is -2.25. The summed E-state index contributed by atoms with van der Waals surface area (Å²) in [5, 5.41) is 13.6. The van der Waals surface area contributed by atoms with Gasteiger partial charge in [0, 0.05) is 22.5 Å². The molecule has 0 atom stereocenters. The summed E-state index contributed by atoms with van der Waals surface area (Å²) in [7, 11) is 0. The summed E-state index contributed by atoms with van der Waals surface area (Å²) < 4.78 is 13.6. The molecule has 0 saturated heterocycles. The van der Waals surface area contributed by atoms with Crippen molar-refractivity contribution >= 4 is 34.8 Å². The highest BCUT2D eigenvalue weighted by Crippen LogP contribution is 2.18. The second kappa shape index (κ2) is 7.33. The number of carboxylic acids is 1. The van der Waals surface area contributed by atoms with Crippen LogP contribution in [0.4, 0.5) is 4.39 Å². The van der Waals surface area contributed by atoms with Gasteiger partial charge in [-0.25, -0.2) is 9.37 Å². The van der Waals surface area contributed by atoms with Gasteiger partial charge in [0.25, 0.3) is 0 Å². The molecule has 0 aliphatic heterocycles. The van der Waals surface area contributed by atoms with Gasteiger partial charge >= 0.3 is 5.97 Å². The molecule has 0 aliphatic carbocycles. The largest absolute Gasteiger partial charge is 0.481 e. The molecule has 0 saturated carbocycles. The molecule has 0 radical (unpaired) electrons. The van der Waals surface area contributed by atoms with E-state index in [4.69, 9.17) is 16.7 Å². The number of carbonyl (C=O) groups is 2. The monoisotopic (exact) mass is 342 g/mol. The number of hydrogen-bond donors (Lipinski definition) is 2. The third-order valence-electron chi connectivity index (χ3n) is 2.77. The zero-order chi connectivity index (χ0) is 16.1. The van der Waals surface area contributed by atoms with Gasteiger partial charge in [-0.15, -0.1) is 11.3 Å². The van der Waals surface area contributed by atoms with Crippen molar-refractivity contribution in [3.05, 3.63) is 50.7 Å². The number of carbonyl (C=O) groups excluding carboxylic acids is 1. The summed E-state index contributed by atoms with van der Waals surface area (Å²) in [4.78, 5) is 26.4. The summed E-state index contributed by atoms with van der Waals surface area (Å²) in [6.45, 7) is -0.0162. The van der Waals surface area contributed by atoms with E-state index in [2.05, 4.69) is 10.3 Å². The van der Waals surface area contributed by atoms with E-state index in [1.165, 1.54) is 23.5 Å². The molecule has 0 unspecified atom stereocenters. The number of rotatable bonds is 6. The molecule has 0 bridgehead atoms. The standard InChI is InChI=1S/C14H12ClFN2O3S/c15-10-2-1-3-11(16)9(10)6-17-12(19)5-13-18-8(7-22-13)4-14(20)21/h1-3,7H,4-6H2,(H,17,19)(H,20,21). The fourth-order valence-electron chi connectivity index (χ4n) is 1.75. The highest BCUT2D eigenvalue weighted by molar-refractivity contribution is 7.09. The summed E-state index contributed by atoms with van der Waals surface area (Å²) in [5.41, 5.74) is 0.640. The Morgan fingerprint density at radius 1 is 1.36 bits per heavy atom. The van der Waals surface area contributed by atoms with E-state index in [1.807, 2.05) is 0 Å². The zero-order valence-corrected chi connectivity index (χ0v) is 12.9. The number of halogens is 2. The van der Waals surface area contributed by atoms with Gasteiger partial charge in [0.05, 0.1) is 18.5 Å². The van der Waals surface area contributed by atoms with Gasteiger partial charge in [-0.3, -0.25) is 9.59 Å². The third kappa shape index (κ3) is 4.51. The van der Waals surface area contributed by atoms with Crippen LogP contribution in [-0.2, 0) is 29.0 Å². The lowest BCUT2D eigenvalue weighted by atomic mass is 10.2. The van der Waals surface area contributed by atoms with Crippen LogP contribution in [0.3, 0.4) is 0 Å². The number of carboxylic acid groups (broad SMARTS) is 1. The molecule has 2 aromatic rings. The number of aliphatic carboxylic acids is 1. The Hall–Kier alpha value is -1.99. The minimum atomic E-state index is -0.976. The molecule has 2 N–H and O–H groups in total.